The summed E-state index contributed by atoms with van der Waals surface area (Å²) in [7, 11) is 0. The molecule has 0 atom stereocenters. The van der Waals surface area contributed by atoms with Crippen molar-refractivity contribution in [1.82, 2.24) is 29.9 Å². The molecule has 0 amide bonds. The molecule has 0 aliphatic carbocycles. The van der Waals surface area contributed by atoms with Crippen molar-refractivity contribution in [3.63, 3.8) is 0 Å². The van der Waals surface area contributed by atoms with Crippen LogP contribution in [0.25, 0.3) is 22.6 Å². The lowest BCUT2D eigenvalue weighted by atomic mass is 10.3. The van der Waals surface area contributed by atoms with Crippen LogP contribution in [-0.2, 0) is 6.54 Å². The standard InChI is InChI=1S/C15H12N8O3/c1-8-2-3-11(26-8)12-13-14(19-15(16)18-12)22(21-20-13)7-9-6-10(23(24)25)4-5-17-9/h2-6H,7H2,1H3,(H2,16,18,19). The summed E-state index contributed by atoms with van der Waals surface area (Å²) in [5.41, 5.74) is 7.43. The first kappa shape index (κ1) is 15.6. The molecule has 0 saturated carbocycles. The maximum absolute atomic E-state index is 10.9. The van der Waals surface area contributed by atoms with Crippen molar-refractivity contribution in [2.24, 2.45) is 0 Å². The van der Waals surface area contributed by atoms with E-state index in [0.717, 1.165) is 5.76 Å². The molecule has 4 aromatic rings. The highest BCUT2D eigenvalue weighted by Gasteiger charge is 2.18. The molecule has 0 aromatic carbocycles. The third kappa shape index (κ3) is 2.70. The molecule has 0 unspecified atom stereocenters. The van der Waals surface area contributed by atoms with Crippen LogP contribution in [0.3, 0.4) is 0 Å². The molecular weight excluding hydrogens is 340 g/mol. The first-order chi connectivity index (χ1) is 12.5. The second-order valence-electron chi connectivity index (χ2n) is 5.52. The Morgan fingerprint density at radius 2 is 2.15 bits per heavy atom. The van der Waals surface area contributed by atoms with Crippen LogP contribution < -0.4 is 5.73 Å². The Morgan fingerprint density at radius 1 is 1.31 bits per heavy atom. The van der Waals surface area contributed by atoms with Gasteiger partial charge in [0, 0.05) is 18.3 Å². The molecule has 130 valence electrons. The molecule has 0 spiro atoms. The summed E-state index contributed by atoms with van der Waals surface area (Å²) in [6.45, 7) is 1.96. The number of nitrogens with zero attached hydrogens (tertiary/aromatic N) is 7. The van der Waals surface area contributed by atoms with Crippen molar-refractivity contribution in [3.8, 4) is 11.5 Å². The second kappa shape index (κ2) is 5.88. The maximum Gasteiger partial charge on any atom is 0.272 e. The first-order valence-electron chi connectivity index (χ1n) is 7.54. The van der Waals surface area contributed by atoms with E-state index in [0.29, 0.717) is 28.3 Å². The first-order valence-corrected chi connectivity index (χ1v) is 7.54. The number of aromatic nitrogens is 6. The molecule has 11 nitrogen and oxygen atoms in total. The van der Waals surface area contributed by atoms with Crippen molar-refractivity contribution in [2.45, 2.75) is 13.5 Å². The smallest absolute Gasteiger partial charge is 0.272 e. The Labute approximate surface area is 145 Å². The van der Waals surface area contributed by atoms with Crippen LogP contribution in [0.15, 0.2) is 34.9 Å². The van der Waals surface area contributed by atoms with E-state index in [2.05, 4.69) is 25.3 Å². The number of anilines is 1. The van der Waals surface area contributed by atoms with Gasteiger partial charge in [-0.2, -0.15) is 4.98 Å². The fraction of sp³-hybridized carbons (Fsp3) is 0.133. The second-order valence-corrected chi connectivity index (χ2v) is 5.52. The predicted octanol–water partition coefficient (Wildman–Crippen LogP) is 1.72. The number of furan rings is 1. The highest BCUT2D eigenvalue weighted by molar-refractivity contribution is 5.86. The maximum atomic E-state index is 10.9. The zero-order valence-electron chi connectivity index (χ0n) is 13.5. The van der Waals surface area contributed by atoms with E-state index in [9.17, 15) is 10.1 Å². The summed E-state index contributed by atoms with van der Waals surface area (Å²) >= 11 is 0. The van der Waals surface area contributed by atoms with Gasteiger partial charge >= 0.3 is 0 Å². The molecule has 0 fully saturated rings. The number of nitrogen functional groups attached to an aromatic ring is 1. The molecule has 0 aliphatic heterocycles. The molecule has 0 aliphatic rings. The van der Waals surface area contributed by atoms with Crippen LogP contribution in [0.4, 0.5) is 11.6 Å². The number of nitro groups is 1. The van der Waals surface area contributed by atoms with Crippen LogP contribution in [0.5, 0.6) is 0 Å². The summed E-state index contributed by atoms with van der Waals surface area (Å²) < 4.78 is 7.05. The molecule has 11 heteroatoms. The number of pyridine rings is 1. The zero-order valence-corrected chi connectivity index (χ0v) is 13.5. The van der Waals surface area contributed by atoms with E-state index in [1.54, 1.807) is 12.1 Å². The van der Waals surface area contributed by atoms with Crippen LogP contribution in [-0.4, -0.2) is 34.9 Å². The number of hydrogen-bond acceptors (Lipinski definition) is 9. The monoisotopic (exact) mass is 352 g/mol. The van der Waals surface area contributed by atoms with Gasteiger partial charge < -0.3 is 10.2 Å². The molecule has 4 heterocycles. The third-order valence-corrected chi connectivity index (χ3v) is 3.68. The predicted molar refractivity (Wildman–Crippen MR) is 90.0 cm³/mol. The van der Waals surface area contributed by atoms with Gasteiger partial charge in [-0.15, -0.1) is 5.10 Å². The van der Waals surface area contributed by atoms with Gasteiger partial charge in [0.15, 0.2) is 16.9 Å². The minimum absolute atomic E-state index is 0.0390. The topological polar surface area (TPSA) is 152 Å². The normalized spacial score (nSPS) is 11.1. The van der Waals surface area contributed by atoms with E-state index in [1.807, 2.05) is 6.92 Å². The van der Waals surface area contributed by atoms with Crippen molar-refractivity contribution in [2.75, 3.05) is 5.73 Å². The van der Waals surface area contributed by atoms with E-state index in [-0.39, 0.29) is 18.2 Å². The molecule has 0 saturated heterocycles. The number of nitrogens with two attached hydrogens (primary N) is 1. The summed E-state index contributed by atoms with van der Waals surface area (Å²) in [4.78, 5) is 22.9. The summed E-state index contributed by atoms with van der Waals surface area (Å²) in [5.74, 6) is 1.26. The Bertz CT molecular complexity index is 1130. The van der Waals surface area contributed by atoms with Gasteiger partial charge in [-0.3, -0.25) is 15.1 Å². The van der Waals surface area contributed by atoms with Gasteiger partial charge in [0.05, 0.1) is 17.2 Å². The van der Waals surface area contributed by atoms with Crippen LogP contribution >= 0.6 is 0 Å². The van der Waals surface area contributed by atoms with E-state index in [1.165, 1.54) is 23.0 Å². The Balaban J connectivity index is 1.79. The third-order valence-electron chi connectivity index (χ3n) is 3.68. The number of hydrogen-bond donors (Lipinski definition) is 1. The summed E-state index contributed by atoms with van der Waals surface area (Å²) in [6.07, 6.45) is 1.37. The Morgan fingerprint density at radius 3 is 2.88 bits per heavy atom. The molecule has 4 aromatic heterocycles. The quantitative estimate of drug-likeness (QED) is 0.427. The van der Waals surface area contributed by atoms with Gasteiger partial charge in [0.25, 0.3) is 5.69 Å². The largest absolute Gasteiger partial charge is 0.460 e. The minimum atomic E-state index is -0.484. The van der Waals surface area contributed by atoms with E-state index < -0.39 is 4.92 Å². The van der Waals surface area contributed by atoms with Crippen LogP contribution in [0, 0.1) is 17.0 Å². The lowest BCUT2D eigenvalue weighted by molar-refractivity contribution is -0.385. The number of aryl methyl sites for hydroxylation is 1. The van der Waals surface area contributed by atoms with Crippen molar-refractivity contribution in [3.05, 3.63) is 52.0 Å². The van der Waals surface area contributed by atoms with E-state index in [4.69, 9.17) is 10.2 Å². The minimum Gasteiger partial charge on any atom is -0.460 e. The lowest BCUT2D eigenvalue weighted by Gasteiger charge is -2.03. The average Bonchev–Trinajstić information content (AvgIpc) is 3.21. The molecular formula is C15H12N8O3. The Hall–Kier alpha value is -3.89. The van der Waals surface area contributed by atoms with Gasteiger partial charge in [-0.05, 0) is 19.1 Å². The lowest BCUT2D eigenvalue weighted by Crippen LogP contribution is -2.06. The van der Waals surface area contributed by atoms with E-state index >= 15 is 0 Å². The molecule has 26 heavy (non-hydrogen) atoms. The van der Waals surface area contributed by atoms with Gasteiger partial charge in [0.2, 0.25) is 5.95 Å². The van der Waals surface area contributed by atoms with Crippen molar-refractivity contribution < 1.29 is 9.34 Å². The van der Waals surface area contributed by atoms with Gasteiger partial charge in [-0.1, -0.05) is 5.21 Å². The average molecular weight is 352 g/mol. The number of rotatable bonds is 4. The highest BCUT2D eigenvalue weighted by Crippen LogP contribution is 2.27. The van der Waals surface area contributed by atoms with Crippen molar-refractivity contribution in [1.29, 1.82) is 0 Å². The van der Waals surface area contributed by atoms with Crippen molar-refractivity contribution >= 4 is 22.8 Å². The fourth-order valence-corrected chi connectivity index (χ4v) is 2.53. The molecule has 2 N–H and O–H groups in total. The summed E-state index contributed by atoms with van der Waals surface area (Å²) in [6, 6.07) is 6.25. The molecule has 4 rings (SSSR count). The van der Waals surface area contributed by atoms with Crippen LogP contribution in [0.2, 0.25) is 0 Å². The number of fused-ring (bicyclic) bond motifs is 1. The SMILES string of the molecule is Cc1ccc(-c2nc(N)nc3c2nnn3Cc2cc([N+](=O)[O-])ccn2)o1. The van der Waals surface area contributed by atoms with Gasteiger partial charge in [-0.25, -0.2) is 9.67 Å². The zero-order chi connectivity index (χ0) is 18.3. The molecule has 0 bridgehead atoms. The molecule has 0 radical (unpaired) electrons. The summed E-state index contributed by atoms with van der Waals surface area (Å²) in [5, 5.41) is 19.1. The Kier molecular flexibility index (Phi) is 3.53. The fourth-order valence-electron chi connectivity index (χ4n) is 2.53. The van der Waals surface area contributed by atoms with Crippen LogP contribution in [0.1, 0.15) is 11.5 Å². The highest BCUT2D eigenvalue weighted by atomic mass is 16.6. The van der Waals surface area contributed by atoms with Gasteiger partial charge in [0.1, 0.15) is 11.5 Å².